The number of benzene rings is 1. The summed E-state index contributed by atoms with van der Waals surface area (Å²) in [5, 5.41) is 0. The highest BCUT2D eigenvalue weighted by molar-refractivity contribution is 5.22. The third kappa shape index (κ3) is 6.75. The first-order valence-corrected chi connectivity index (χ1v) is 7.95. The first-order valence-electron chi connectivity index (χ1n) is 7.95. The molecule has 0 radical (unpaired) electrons. The van der Waals surface area contributed by atoms with E-state index in [0.717, 1.165) is 24.7 Å². The molecule has 2 atom stereocenters. The lowest BCUT2D eigenvalue weighted by Crippen LogP contribution is -1.98. The van der Waals surface area contributed by atoms with Crippen LogP contribution in [0.1, 0.15) is 50.7 Å². The van der Waals surface area contributed by atoms with Crippen molar-refractivity contribution in [2.45, 2.75) is 52.4 Å². The lowest BCUT2D eigenvalue weighted by molar-refractivity contribution is 0.538. The summed E-state index contributed by atoms with van der Waals surface area (Å²) in [6, 6.07) is 9.20. The normalized spacial score (nSPS) is 13.7. The zero-order chi connectivity index (χ0) is 14.8. The lowest BCUT2D eigenvalue weighted by Gasteiger charge is -2.10. The highest BCUT2D eigenvalue weighted by Gasteiger charge is 2.03. The van der Waals surface area contributed by atoms with E-state index in [9.17, 15) is 0 Å². The van der Waals surface area contributed by atoms with E-state index < -0.39 is 0 Å². The number of hydrogen-bond acceptors (Lipinski definition) is 0. The Hall–Kier alpha value is -1.30. The third-order valence-electron chi connectivity index (χ3n) is 4.01. The zero-order valence-corrected chi connectivity index (χ0v) is 13.3. The molecule has 0 heterocycles. The molecule has 0 fully saturated rings. The van der Waals surface area contributed by atoms with Crippen molar-refractivity contribution in [3.8, 4) is 0 Å². The molecule has 0 bridgehead atoms. The summed E-state index contributed by atoms with van der Waals surface area (Å²) >= 11 is 0. The molecule has 2 unspecified atom stereocenters. The van der Waals surface area contributed by atoms with Crippen molar-refractivity contribution in [3.63, 3.8) is 0 Å². The average Bonchev–Trinajstić information content (AvgIpc) is 2.45. The average molecular weight is 270 g/mol. The monoisotopic (exact) mass is 270 g/mol. The Balaban J connectivity index is 2.36. The Bertz CT molecular complexity index is 346. The van der Waals surface area contributed by atoms with E-state index in [1.54, 1.807) is 0 Å². The summed E-state index contributed by atoms with van der Waals surface area (Å²) in [6.45, 7) is 12.2. The molecular weight excluding hydrogens is 240 g/mol. The molecule has 0 aromatic heterocycles. The molecule has 0 N–H and O–H groups in total. The van der Waals surface area contributed by atoms with E-state index in [1.165, 1.54) is 36.8 Å². The van der Waals surface area contributed by atoms with Gasteiger partial charge in [-0.25, -0.2) is 0 Å². The maximum absolute atomic E-state index is 3.81. The first-order chi connectivity index (χ1) is 9.65. The molecular formula is C20H30. The first kappa shape index (κ1) is 16.8. The van der Waals surface area contributed by atoms with Crippen molar-refractivity contribution in [3.05, 3.63) is 60.7 Å². The van der Waals surface area contributed by atoms with Crippen LogP contribution in [-0.2, 0) is 12.8 Å². The molecule has 0 saturated carbocycles. The predicted molar refractivity (Wildman–Crippen MR) is 91.0 cm³/mol. The van der Waals surface area contributed by atoms with Crippen LogP contribution in [0.15, 0.2) is 49.6 Å². The number of rotatable bonds is 10. The Labute approximate surface area is 125 Å². The van der Waals surface area contributed by atoms with Crippen molar-refractivity contribution < 1.29 is 0 Å². The summed E-state index contributed by atoms with van der Waals surface area (Å²) in [4.78, 5) is 0. The zero-order valence-electron chi connectivity index (χ0n) is 13.3. The van der Waals surface area contributed by atoms with Gasteiger partial charge in [-0.2, -0.15) is 0 Å². The van der Waals surface area contributed by atoms with Gasteiger partial charge in [-0.05, 0) is 61.5 Å². The molecule has 1 rings (SSSR count). The molecule has 0 aliphatic rings. The molecule has 110 valence electrons. The minimum absolute atomic E-state index is 0.743. The Morgan fingerprint density at radius 1 is 0.800 bits per heavy atom. The van der Waals surface area contributed by atoms with Crippen LogP contribution < -0.4 is 0 Å². The fourth-order valence-corrected chi connectivity index (χ4v) is 2.50. The maximum Gasteiger partial charge on any atom is -0.0276 e. The Morgan fingerprint density at radius 2 is 1.15 bits per heavy atom. The van der Waals surface area contributed by atoms with E-state index in [0.29, 0.717) is 0 Å². The number of aryl methyl sites for hydroxylation is 2. The standard InChI is InChI=1S/C20H30/c1-5-7-17(3)9-11-19-13-15-20(16-14-19)12-10-18(4)8-6-2/h5-6,13-18H,1-2,7-12H2,3-4H3. The predicted octanol–water partition coefficient (Wildman–Crippen LogP) is 5.98. The van der Waals surface area contributed by atoms with Gasteiger partial charge in [0.2, 0.25) is 0 Å². The number of hydrogen-bond donors (Lipinski definition) is 0. The fourth-order valence-electron chi connectivity index (χ4n) is 2.50. The Kier molecular flexibility index (Phi) is 8.02. The smallest absolute Gasteiger partial charge is 0.0276 e. The van der Waals surface area contributed by atoms with Gasteiger partial charge in [0.05, 0.1) is 0 Å². The van der Waals surface area contributed by atoms with Gasteiger partial charge in [0.25, 0.3) is 0 Å². The van der Waals surface area contributed by atoms with Gasteiger partial charge >= 0.3 is 0 Å². The van der Waals surface area contributed by atoms with E-state index in [-0.39, 0.29) is 0 Å². The summed E-state index contributed by atoms with van der Waals surface area (Å²) in [5.74, 6) is 1.49. The highest BCUT2D eigenvalue weighted by atomic mass is 14.1. The Morgan fingerprint density at radius 3 is 1.45 bits per heavy atom. The molecule has 1 aromatic rings. The van der Waals surface area contributed by atoms with Crippen molar-refractivity contribution >= 4 is 0 Å². The van der Waals surface area contributed by atoms with Crippen LogP contribution in [0.25, 0.3) is 0 Å². The van der Waals surface area contributed by atoms with Gasteiger partial charge in [-0.15, -0.1) is 13.2 Å². The topological polar surface area (TPSA) is 0 Å². The van der Waals surface area contributed by atoms with Gasteiger partial charge in [0, 0.05) is 0 Å². The second-order valence-electron chi connectivity index (χ2n) is 6.15. The van der Waals surface area contributed by atoms with Crippen molar-refractivity contribution in [2.24, 2.45) is 11.8 Å². The molecule has 0 heteroatoms. The summed E-state index contributed by atoms with van der Waals surface area (Å²) < 4.78 is 0. The van der Waals surface area contributed by atoms with E-state index in [2.05, 4.69) is 51.3 Å². The second kappa shape index (κ2) is 9.58. The van der Waals surface area contributed by atoms with E-state index in [1.807, 2.05) is 12.2 Å². The van der Waals surface area contributed by atoms with E-state index in [4.69, 9.17) is 0 Å². The van der Waals surface area contributed by atoms with Crippen LogP contribution >= 0.6 is 0 Å². The van der Waals surface area contributed by atoms with Gasteiger partial charge in [0.1, 0.15) is 0 Å². The highest BCUT2D eigenvalue weighted by Crippen LogP contribution is 2.16. The fraction of sp³-hybridized carbons (Fsp3) is 0.500. The van der Waals surface area contributed by atoms with Crippen LogP contribution in [0.2, 0.25) is 0 Å². The van der Waals surface area contributed by atoms with E-state index >= 15 is 0 Å². The van der Waals surface area contributed by atoms with Crippen molar-refractivity contribution in [2.75, 3.05) is 0 Å². The minimum atomic E-state index is 0.743. The largest absolute Gasteiger partial charge is 0.103 e. The maximum atomic E-state index is 3.81. The molecule has 1 aromatic carbocycles. The summed E-state index contributed by atoms with van der Waals surface area (Å²) in [5.41, 5.74) is 2.92. The van der Waals surface area contributed by atoms with Crippen molar-refractivity contribution in [1.82, 2.24) is 0 Å². The lowest BCUT2D eigenvalue weighted by atomic mass is 9.95. The van der Waals surface area contributed by atoms with Crippen LogP contribution in [0.5, 0.6) is 0 Å². The van der Waals surface area contributed by atoms with Gasteiger partial charge < -0.3 is 0 Å². The molecule has 0 spiro atoms. The molecule has 0 saturated heterocycles. The minimum Gasteiger partial charge on any atom is -0.103 e. The van der Waals surface area contributed by atoms with Crippen LogP contribution in [0, 0.1) is 11.8 Å². The number of allylic oxidation sites excluding steroid dienone is 2. The molecule has 20 heavy (non-hydrogen) atoms. The third-order valence-corrected chi connectivity index (χ3v) is 4.01. The van der Waals surface area contributed by atoms with Gasteiger partial charge in [0.15, 0.2) is 0 Å². The van der Waals surface area contributed by atoms with Crippen LogP contribution in [-0.4, -0.2) is 0 Å². The molecule has 0 amide bonds. The molecule has 0 nitrogen and oxygen atoms in total. The van der Waals surface area contributed by atoms with Crippen molar-refractivity contribution in [1.29, 1.82) is 0 Å². The summed E-state index contributed by atoms with van der Waals surface area (Å²) in [7, 11) is 0. The van der Waals surface area contributed by atoms with Crippen LogP contribution in [0.3, 0.4) is 0 Å². The van der Waals surface area contributed by atoms with Gasteiger partial charge in [-0.3, -0.25) is 0 Å². The molecule has 0 aliphatic carbocycles. The summed E-state index contributed by atoms with van der Waals surface area (Å²) in [6.07, 6.45) is 11.2. The second-order valence-corrected chi connectivity index (χ2v) is 6.15. The van der Waals surface area contributed by atoms with Crippen LogP contribution in [0.4, 0.5) is 0 Å². The van der Waals surface area contributed by atoms with Gasteiger partial charge in [-0.1, -0.05) is 50.3 Å². The quantitative estimate of drug-likeness (QED) is 0.459. The SMILES string of the molecule is C=CCC(C)CCc1ccc(CCC(C)CC=C)cc1. The molecule has 0 aliphatic heterocycles.